The van der Waals surface area contributed by atoms with Crippen LogP contribution in [0.4, 0.5) is 24.7 Å². The number of aliphatic hydroxyl groups excluding tert-OH is 2. The number of anilines is 1. The Labute approximate surface area is 240 Å². The highest BCUT2D eigenvalue weighted by atomic mass is 19.4. The van der Waals surface area contributed by atoms with Crippen molar-refractivity contribution in [1.29, 1.82) is 0 Å². The molecule has 1 aliphatic carbocycles. The molecule has 6 rings (SSSR count). The van der Waals surface area contributed by atoms with Crippen molar-refractivity contribution in [3.63, 3.8) is 0 Å². The normalized spacial score (nSPS) is 27.5. The second kappa shape index (κ2) is 11.1. The SMILES string of the molecule is CC(C)N(C[C@H]1O[C@@H](n2cnc3c(N)ncnc32)[C@H](O)[C@@H]1O)C1CC(CCC2=Nc3cc(OC(F)(F)F)ccc3C2)C1. The molecule has 3 aromatic rings. The van der Waals surface area contributed by atoms with E-state index in [2.05, 4.69) is 43.4 Å². The number of benzene rings is 1. The minimum Gasteiger partial charge on any atom is -0.406 e. The molecule has 0 spiro atoms. The topological polar surface area (TPSA) is 144 Å². The van der Waals surface area contributed by atoms with Crippen LogP contribution in [0.1, 0.15) is 51.3 Å². The van der Waals surface area contributed by atoms with Gasteiger partial charge in [-0.05, 0) is 57.1 Å². The average Bonchev–Trinajstić information content (AvgIpc) is 3.58. The van der Waals surface area contributed by atoms with Crippen molar-refractivity contribution in [3.8, 4) is 5.75 Å². The van der Waals surface area contributed by atoms with Crippen LogP contribution < -0.4 is 10.5 Å². The molecular weight excluding hydrogens is 555 g/mol. The molecule has 4 heterocycles. The number of aromatic nitrogens is 4. The number of nitrogens with zero attached hydrogens (tertiary/aromatic N) is 6. The molecule has 42 heavy (non-hydrogen) atoms. The van der Waals surface area contributed by atoms with Crippen molar-refractivity contribution >= 4 is 28.4 Å². The lowest BCUT2D eigenvalue weighted by Gasteiger charge is -2.46. The number of rotatable bonds is 9. The van der Waals surface area contributed by atoms with E-state index in [9.17, 15) is 23.4 Å². The molecule has 4 atom stereocenters. The van der Waals surface area contributed by atoms with E-state index in [4.69, 9.17) is 10.5 Å². The third kappa shape index (κ3) is 5.68. The van der Waals surface area contributed by atoms with Crippen LogP contribution in [0, 0.1) is 5.92 Å². The molecule has 3 aliphatic rings. The van der Waals surface area contributed by atoms with Gasteiger partial charge in [0.15, 0.2) is 17.7 Å². The number of aliphatic imine (C=N–C) groups is 1. The van der Waals surface area contributed by atoms with Gasteiger partial charge < -0.3 is 25.4 Å². The minimum atomic E-state index is -4.73. The smallest absolute Gasteiger partial charge is 0.406 e. The predicted octanol–water partition coefficient (Wildman–Crippen LogP) is 3.52. The van der Waals surface area contributed by atoms with Crippen LogP contribution in [0.15, 0.2) is 35.8 Å². The molecule has 0 amide bonds. The van der Waals surface area contributed by atoms with Gasteiger partial charge >= 0.3 is 6.36 Å². The molecule has 2 fully saturated rings. The number of hydrogen-bond donors (Lipinski definition) is 3. The van der Waals surface area contributed by atoms with Crippen LogP contribution in [0.25, 0.3) is 11.2 Å². The van der Waals surface area contributed by atoms with Crippen LogP contribution in [-0.2, 0) is 11.2 Å². The van der Waals surface area contributed by atoms with E-state index in [1.54, 1.807) is 10.6 Å². The highest BCUT2D eigenvalue weighted by Crippen LogP contribution is 2.40. The summed E-state index contributed by atoms with van der Waals surface area (Å²) in [6.45, 7) is 4.66. The summed E-state index contributed by atoms with van der Waals surface area (Å²) in [4.78, 5) is 19.3. The van der Waals surface area contributed by atoms with Crippen molar-refractivity contribution in [3.05, 3.63) is 36.4 Å². The fourth-order valence-electron chi connectivity index (χ4n) is 6.30. The molecule has 1 saturated carbocycles. The van der Waals surface area contributed by atoms with Crippen LogP contribution in [0.2, 0.25) is 0 Å². The van der Waals surface area contributed by atoms with Crippen molar-refractivity contribution in [2.75, 3.05) is 12.3 Å². The molecule has 14 heteroatoms. The molecule has 0 bridgehead atoms. The number of fused-ring (bicyclic) bond motifs is 2. The monoisotopic (exact) mass is 589 g/mol. The molecule has 11 nitrogen and oxygen atoms in total. The number of hydrogen-bond acceptors (Lipinski definition) is 10. The summed E-state index contributed by atoms with van der Waals surface area (Å²) in [7, 11) is 0. The van der Waals surface area contributed by atoms with Crippen LogP contribution in [0.5, 0.6) is 5.75 Å². The average molecular weight is 590 g/mol. The number of nitrogen functional groups attached to an aromatic ring is 1. The van der Waals surface area contributed by atoms with E-state index in [0.29, 0.717) is 41.8 Å². The standard InChI is InChI=1S/C28H34F3N7O4/c1-14(2)37(11-21-23(39)24(40)27(41-21)38-13-35-22-25(32)33-12-34-26(22)38)18-7-15(8-18)3-5-17-9-16-4-6-19(10-20(16)36-17)42-28(29,30)31/h4,6,10,12-15,18,21,23-24,27,39-40H,3,5,7-9,11H2,1-2H3,(H2,32,33,34)/t15?,18?,21-,23-,24-,27-/m1/s1. The molecule has 0 radical (unpaired) electrons. The lowest BCUT2D eigenvalue weighted by molar-refractivity contribution is -0.274. The predicted molar refractivity (Wildman–Crippen MR) is 147 cm³/mol. The second-order valence-electron chi connectivity index (χ2n) is 11.6. The second-order valence-corrected chi connectivity index (χ2v) is 11.6. The molecule has 4 N–H and O–H groups in total. The quantitative estimate of drug-likeness (QED) is 0.341. The Morgan fingerprint density at radius 1 is 1.17 bits per heavy atom. The van der Waals surface area contributed by atoms with Gasteiger partial charge in [0, 0.05) is 36.8 Å². The molecule has 226 valence electrons. The van der Waals surface area contributed by atoms with Gasteiger partial charge in [0.25, 0.3) is 0 Å². The lowest BCUT2D eigenvalue weighted by Crippen LogP contribution is -2.52. The Kier molecular flexibility index (Phi) is 7.58. The largest absolute Gasteiger partial charge is 0.573 e. The molecule has 2 aromatic heterocycles. The highest BCUT2D eigenvalue weighted by molar-refractivity contribution is 5.94. The van der Waals surface area contributed by atoms with Crippen LogP contribution in [0.3, 0.4) is 0 Å². The first-order valence-electron chi connectivity index (χ1n) is 14.1. The van der Waals surface area contributed by atoms with Crippen molar-refractivity contribution < 1.29 is 32.9 Å². The molecule has 1 saturated heterocycles. The summed E-state index contributed by atoms with van der Waals surface area (Å²) >= 11 is 0. The third-order valence-electron chi connectivity index (χ3n) is 8.54. The van der Waals surface area contributed by atoms with Gasteiger partial charge in [-0.1, -0.05) is 6.07 Å². The first-order chi connectivity index (χ1) is 20.0. The summed E-state index contributed by atoms with van der Waals surface area (Å²) in [6, 6.07) is 4.83. The zero-order valence-electron chi connectivity index (χ0n) is 23.3. The minimum absolute atomic E-state index is 0.200. The highest BCUT2D eigenvalue weighted by Gasteiger charge is 2.46. The van der Waals surface area contributed by atoms with Crippen molar-refractivity contribution in [2.45, 2.75) is 88.9 Å². The molecule has 2 aliphatic heterocycles. The fraction of sp³-hybridized carbons (Fsp3) is 0.571. The zero-order chi connectivity index (χ0) is 29.8. The van der Waals surface area contributed by atoms with E-state index in [1.807, 2.05) is 0 Å². The molecular formula is C28H34F3N7O4. The number of alkyl halides is 3. The van der Waals surface area contributed by atoms with Gasteiger partial charge in [-0.2, -0.15) is 0 Å². The number of halogens is 3. The lowest BCUT2D eigenvalue weighted by atomic mass is 9.75. The van der Waals surface area contributed by atoms with Gasteiger partial charge in [0.05, 0.1) is 12.0 Å². The third-order valence-corrected chi connectivity index (χ3v) is 8.54. The summed E-state index contributed by atoms with van der Waals surface area (Å²) in [6.07, 6.45) is -1.31. The summed E-state index contributed by atoms with van der Waals surface area (Å²) in [5, 5.41) is 21.7. The van der Waals surface area contributed by atoms with Crippen molar-refractivity contribution in [2.24, 2.45) is 10.9 Å². The van der Waals surface area contributed by atoms with Gasteiger partial charge in [0.2, 0.25) is 0 Å². The first-order valence-corrected chi connectivity index (χ1v) is 14.1. The maximum absolute atomic E-state index is 12.5. The first kappa shape index (κ1) is 28.8. The Balaban J connectivity index is 1.03. The van der Waals surface area contributed by atoms with E-state index < -0.39 is 30.9 Å². The van der Waals surface area contributed by atoms with E-state index in [0.717, 1.165) is 37.0 Å². The van der Waals surface area contributed by atoms with E-state index in [1.165, 1.54) is 24.8 Å². The molecule has 1 aromatic carbocycles. The number of nitrogens with two attached hydrogens (primary N) is 1. The Morgan fingerprint density at radius 2 is 1.95 bits per heavy atom. The summed E-state index contributed by atoms with van der Waals surface area (Å²) < 4.78 is 49.4. The number of imidazole rings is 1. The Bertz CT molecular complexity index is 1470. The Hall–Kier alpha value is -3.33. The summed E-state index contributed by atoms with van der Waals surface area (Å²) in [5.74, 6) is 0.471. The summed E-state index contributed by atoms with van der Waals surface area (Å²) in [5.41, 5.74) is 9.14. The molecule has 0 unspecified atom stereocenters. The van der Waals surface area contributed by atoms with Crippen LogP contribution in [-0.4, -0.2) is 83.6 Å². The zero-order valence-corrected chi connectivity index (χ0v) is 23.3. The van der Waals surface area contributed by atoms with Crippen LogP contribution >= 0.6 is 0 Å². The van der Waals surface area contributed by atoms with E-state index >= 15 is 0 Å². The number of aliphatic hydroxyl groups is 2. The maximum atomic E-state index is 12.5. The fourth-order valence-corrected chi connectivity index (χ4v) is 6.30. The van der Waals surface area contributed by atoms with Gasteiger partial charge in [-0.15, -0.1) is 13.2 Å². The van der Waals surface area contributed by atoms with Gasteiger partial charge in [-0.3, -0.25) is 14.5 Å². The van der Waals surface area contributed by atoms with Gasteiger partial charge in [-0.25, -0.2) is 15.0 Å². The van der Waals surface area contributed by atoms with E-state index in [-0.39, 0.29) is 17.6 Å². The van der Waals surface area contributed by atoms with Gasteiger partial charge in [0.1, 0.15) is 35.9 Å². The Morgan fingerprint density at radius 3 is 2.69 bits per heavy atom. The maximum Gasteiger partial charge on any atom is 0.573 e. The van der Waals surface area contributed by atoms with Crippen molar-refractivity contribution in [1.82, 2.24) is 24.4 Å². The number of ether oxygens (including phenoxy) is 2.